The van der Waals surface area contributed by atoms with E-state index in [0.717, 1.165) is 10.9 Å². The molecule has 0 radical (unpaired) electrons. The first-order valence-corrected chi connectivity index (χ1v) is 11.6. The number of furan rings is 1. The lowest BCUT2D eigenvalue weighted by Crippen LogP contribution is -2.39. The zero-order valence-electron chi connectivity index (χ0n) is 19.8. The Hall–Kier alpha value is -3.81. The van der Waals surface area contributed by atoms with E-state index in [1.54, 1.807) is 26.4 Å². The molecule has 1 atom stereocenters. The molecule has 1 fully saturated rings. The first-order valence-electron chi connectivity index (χ1n) is 11.6. The van der Waals surface area contributed by atoms with Gasteiger partial charge in [-0.3, -0.25) is 9.69 Å². The van der Waals surface area contributed by atoms with Crippen LogP contribution in [0, 0.1) is 0 Å². The smallest absolute Gasteiger partial charge is 0.255 e. The first-order chi connectivity index (χ1) is 17.2. The second-order valence-electron chi connectivity index (χ2n) is 8.32. The van der Waals surface area contributed by atoms with Crippen molar-refractivity contribution in [1.29, 1.82) is 0 Å². The Labute approximate surface area is 204 Å². The lowest BCUT2D eigenvalue weighted by molar-refractivity contribution is 0.0202. The third-order valence-corrected chi connectivity index (χ3v) is 6.29. The highest BCUT2D eigenvalue weighted by Gasteiger charge is 2.33. The van der Waals surface area contributed by atoms with Gasteiger partial charge < -0.3 is 23.9 Å². The van der Waals surface area contributed by atoms with Crippen molar-refractivity contribution >= 4 is 22.6 Å². The van der Waals surface area contributed by atoms with Crippen LogP contribution in [-0.2, 0) is 4.74 Å². The number of nitrogens with zero attached hydrogens (tertiary/aromatic N) is 1. The Morgan fingerprint density at radius 1 is 0.943 bits per heavy atom. The molecular weight excluding hydrogens is 444 g/mol. The minimum atomic E-state index is -0.307. The second kappa shape index (κ2) is 10.2. The third-order valence-electron chi connectivity index (χ3n) is 6.29. The van der Waals surface area contributed by atoms with Crippen molar-refractivity contribution in [2.75, 3.05) is 45.8 Å². The van der Waals surface area contributed by atoms with Gasteiger partial charge in [-0.25, -0.2) is 0 Å². The minimum absolute atomic E-state index is 0.194. The number of carbonyl (C=O) groups is 1. The van der Waals surface area contributed by atoms with Crippen LogP contribution < -0.4 is 14.8 Å². The number of fused-ring (bicyclic) bond motifs is 1. The quantitative estimate of drug-likeness (QED) is 0.402. The highest BCUT2D eigenvalue weighted by atomic mass is 16.5. The molecule has 0 bridgehead atoms. The summed E-state index contributed by atoms with van der Waals surface area (Å²) < 4.78 is 23.3. The number of para-hydroxylation sites is 1. The van der Waals surface area contributed by atoms with Gasteiger partial charge >= 0.3 is 0 Å². The number of hydrogen-bond acceptors (Lipinski definition) is 6. The first kappa shape index (κ1) is 23.0. The van der Waals surface area contributed by atoms with Crippen molar-refractivity contribution in [1.82, 2.24) is 4.90 Å². The van der Waals surface area contributed by atoms with Gasteiger partial charge in [0.05, 0.1) is 39.2 Å². The Bertz CT molecular complexity index is 1310. The summed E-state index contributed by atoms with van der Waals surface area (Å²) in [5, 5.41) is 3.99. The molecule has 1 saturated heterocycles. The molecule has 1 aliphatic rings. The van der Waals surface area contributed by atoms with Crippen LogP contribution in [0.5, 0.6) is 11.5 Å². The molecule has 0 aliphatic carbocycles. The molecule has 1 N–H and O–H groups in total. The number of morpholine rings is 1. The predicted octanol–water partition coefficient (Wildman–Crippen LogP) is 5.12. The van der Waals surface area contributed by atoms with Gasteiger partial charge in [0.2, 0.25) is 0 Å². The summed E-state index contributed by atoms with van der Waals surface area (Å²) in [6.45, 7) is 2.65. The highest BCUT2D eigenvalue weighted by molar-refractivity contribution is 6.09. The number of anilines is 1. The van der Waals surface area contributed by atoms with Crippen LogP contribution in [0.15, 0.2) is 77.2 Å². The molecule has 1 unspecified atom stereocenters. The second-order valence-corrected chi connectivity index (χ2v) is 8.32. The topological polar surface area (TPSA) is 73.2 Å². The molecular formula is C28H28N2O5. The summed E-state index contributed by atoms with van der Waals surface area (Å²) >= 11 is 0. The normalized spacial score (nSPS) is 15.0. The number of carbonyl (C=O) groups excluding carboxylic acids is 1. The summed E-state index contributed by atoms with van der Waals surface area (Å²) in [7, 11) is 3.27. The van der Waals surface area contributed by atoms with E-state index in [-0.39, 0.29) is 11.9 Å². The average Bonchev–Trinajstić information content (AvgIpc) is 3.27. The number of ether oxygens (including phenoxy) is 3. The third kappa shape index (κ3) is 4.60. The van der Waals surface area contributed by atoms with E-state index in [2.05, 4.69) is 10.2 Å². The Balaban J connectivity index is 1.67. The SMILES string of the molecule is COc1ccc(C(c2oc3ccccc3c2NC(=O)c2ccccc2)N2CCOCC2)c(OC)c1. The van der Waals surface area contributed by atoms with Crippen LogP contribution in [0.25, 0.3) is 11.0 Å². The van der Waals surface area contributed by atoms with Gasteiger partial charge in [0.1, 0.15) is 17.1 Å². The highest BCUT2D eigenvalue weighted by Crippen LogP contribution is 2.44. The van der Waals surface area contributed by atoms with Gasteiger partial charge in [0.25, 0.3) is 5.91 Å². The van der Waals surface area contributed by atoms with Gasteiger partial charge in [-0.15, -0.1) is 0 Å². The van der Waals surface area contributed by atoms with E-state index in [4.69, 9.17) is 18.6 Å². The van der Waals surface area contributed by atoms with Crippen molar-refractivity contribution in [2.45, 2.75) is 6.04 Å². The van der Waals surface area contributed by atoms with Crippen molar-refractivity contribution in [2.24, 2.45) is 0 Å². The summed E-state index contributed by atoms with van der Waals surface area (Å²) in [4.78, 5) is 15.5. The molecule has 3 aromatic carbocycles. The molecule has 0 spiro atoms. The molecule has 35 heavy (non-hydrogen) atoms. The number of nitrogens with one attached hydrogen (secondary N) is 1. The molecule has 5 rings (SSSR count). The number of amides is 1. The Morgan fingerprint density at radius 3 is 2.43 bits per heavy atom. The number of hydrogen-bond donors (Lipinski definition) is 1. The minimum Gasteiger partial charge on any atom is -0.497 e. The molecule has 7 heteroatoms. The summed E-state index contributed by atoms with van der Waals surface area (Å²) in [5.41, 5.74) is 2.86. The summed E-state index contributed by atoms with van der Waals surface area (Å²) in [6.07, 6.45) is 0. The fraction of sp³-hybridized carbons (Fsp3) is 0.250. The number of benzene rings is 3. The van der Waals surface area contributed by atoms with Gasteiger partial charge in [0, 0.05) is 35.7 Å². The maximum Gasteiger partial charge on any atom is 0.255 e. The lowest BCUT2D eigenvalue weighted by Gasteiger charge is -2.34. The summed E-state index contributed by atoms with van der Waals surface area (Å²) in [6, 6.07) is 22.4. The molecule has 1 aromatic heterocycles. The van der Waals surface area contributed by atoms with E-state index in [9.17, 15) is 4.79 Å². The van der Waals surface area contributed by atoms with Crippen LogP contribution in [-0.4, -0.2) is 51.3 Å². The van der Waals surface area contributed by atoms with Gasteiger partial charge in [0.15, 0.2) is 5.76 Å². The van der Waals surface area contributed by atoms with Crippen molar-refractivity contribution in [3.63, 3.8) is 0 Å². The number of rotatable bonds is 7. The maximum atomic E-state index is 13.2. The molecule has 0 saturated carbocycles. The van der Waals surface area contributed by atoms with Gasteiger partial charge in [-0.1, -0.05) is 30.3 Å². The van der Waals surface area contributed by atoms with E-state index in [0.29, 0.717) is 60.4 Å². The van der Waals surface area contributed by atoms with Crippen LogP contribution >= 0.6 is 0 Å². The van der Waals surface area contributed by atoms with Crippen LogP contribution in [0.3, 0.4) is 0 Å². The van der Waals surface area contributed by atoms with Crippen LogP contribution in [0.2, 0.25) is 0 Å². The van der Waals surface area contributed by atoms with Crippen molar-refractivity contribution in [3.8, 4) is 11.5 Å². The lowest BCUT2D eigenvalue weighted by atomic mass is 9.98. The standard InChI is InChI=1S/C28H28N2O5/c1-32-20-12-13-22(24(18-20)33-2)26(30-14-16-34-17-15-30)27-25(21-10-6-7-11-23(21)35-27)29-28(31)19-8-4-3-5-9-19/h3-13,18,26H,14-17H2,1-2H3,(H,29,31). The predicted molar refractivity (Wildman–Crippen MR) is 134 cm³/mol. The molecule has 180 valence electrons. The van der Waals surface area contributed by atoms with E-state index < -0.39 is 0 Å². The molecule has 4 aromatic rings. The fourth-order valence-corrected chi connectivity index (χ4v) is 4.54. The molecule has 2 heterocycles. The van der Waals surface area contributed by atoms with Crippen LogP contribution in [0.4, 0.5) is 5.69 Å². The number of methoxy groups -OCH3 is 2. The zero-order valence-corrected chi connectivity index (χ0v) is 19.8. The summed E-state index contributed by atoms with van der Waals surface area (Å²) in [5.74, 6) is 1.84. The molecule has 1 aliphatic heterocycles. The Kier molecular flexibility index (Phi) is 6.70. The van der Waals surface area contributed by atoms with Crippen LogP contribution in [0.1, 0.15) is 27.7 Å². The Morgan fingerprint density at radius 2 is 1.69 bits per heavy atom. The van der Waals surface area contributed by atoms with Crippen molar-refractivity contribution < 1.29 is 23.4 Å². The van der Waals surface area contributed by atoms with Gasteiger partial charge in [-0.2, -0.15) is 0 Å². The zero-order chi connectivity index (χ0) is 24.2. The van der Waals surface area contributed by atoms with E-state index in [1.165, 1.54) is 0 Å². The van der Waals surface area contributed by atoms with Gasteiger partial charge in [-0.05, 0) is 36.4 Å². The molecule has 7 nitrogen and oxygen atoms in total. The monoisotopic (exact) mass is 472 g/mol. The maximum absolute atomic E-state index is 13.2. The van der Waals surface area contributed by atoms with Crippen molar-refractivity contribution in [3.05, 3.63) is 89.7 Å². The largest absolute Gasteiger partial charge is 0.497 e. The molecule has 1 amide bonds. The fourth-order valence-electron chi connectivity index (χ4n) is 4.54. The average molecular weight is 473 g/mol. The van der Waals surface area contributed by atoms with E-state index in [1.807, 2.05) is 60.7 Å². The van der Waals surface area contributed by atoms with E-state index >= 15 is 0 Å².